The van der Waals surface area contributed by atoms with E-state index in [0.717, 1.165) is 36.9 Å². The molecule has 4 aliphatic rings. The highest BCUT2D eigenvalue weighted by atomic mass is 16.2. The molecule has 31 heavy (non-hydrogen) atoms. The molecule has 7 nitrogen and oxygen atoms in total. The van der Waals surface area contributed by atoms with Crippen molar-refractivity contribution in [1.29, 1.82) is 0 Å². The van der Waals surface area contributed by atoms with Crippen molar-refractivity contribution in [2.75, 3.05) is 39.3 Å². The van der Waals surface area contributed by atoms with Gasteiger partial charge in [-0.3, -0.25) is 9.69 Å². The average molecular weight is 428 g/mol. The standard InChI is InChI=1S/C24H37N5O2/c1-2-22(30)28-14-16-29(17-15-28)23(26-24(25)31)19-10-12-27(13-11-19)21-9-5-7-18-6-3-4-8-20(18)21/h2,10,18,20-21H,1,3-9,11-17H2,(H2,25,31)/b26-23+. The van der Waals surface area contributed by atoms with Gasteiger partial charge in [-0.1, -0.05) is 44.8 Å². The van der Waals surface area contributed by atoms with Gasteiger partial charge in [0.15, 0.2) is 0 Å². The lowest BCUT2D eigenvalue weighted by atomic mass is 9.68. The molecule has 2 saturated carbocycles. The molecule has 2 aliphatic heterocycles. The van der Waals surface area contributed by atoms with E-state index in [9.17, 15) is 9.59 Å². The first-order valence-electron chi connectivity index (χ1n) is 12.0. The predicted molar refractivity (Wildman–Crippen MR) is 123 cm³/mol. The fourth-order valence-corrected chi connectivity index (χ4v) is 6.26. The van der Waals surface area contributed by atoms with Gasteiger partial charge < -0.3 is 15.5 Å². The van der Waals surface area contributed by atoms with Gasteiger partial charge >= 0.3 is 6.03 Å². The summed E-state index contributed by atoms with van der Waals surface area (Å²) in [6.45, 7) is 8.03. The van der Waals surface area contributed by atoms with E-state index in [1.807, 2.05) is 0 Å². The molecule has 0 spiro atoms. The number of carbonyl (C=O) groups is 2. The Morgan fingerprint density at radius 2 is 1.71 bits per heavy atom. The first-order chi connectivity index (χ1) is 15.1. The van der Waals surface area contributed by atoms with E-state index >= 15 is 0 Å². The Bertz CT molecular complexity index is 751. The molecule has 0 aromatic heterocycles. The summed E-state index contributed by atoms with van der Waals surface area (Å²) < 4.78 is 0. The molecule has 0 radical (unpaired) electrons. The number of hydrogen-bond acceptors (Lipinski definition) is 3. The molecule has 3 fully saturated rings. The number of hydrogen-bond donors (Lipinski definition) is 1. The SMILES string of the molecule is C=CC(=O)N1CCN(/C(=N/C(N)=O)C2=CCN(C3CCCC4CCCCC43)CC2)CC1. The maximum atomic E-state index is 11.9. The molecule has 7 heteroatoms. The van der Waals surface area contributed by atoms with E-state index in [0.29, 0.717) is 38.1 Å². The van der Waals surface area contributed by atoms with Crippen LogP contribution >= 0.6 is 0 Å². The van der Waals surface area contributed by atoms with Crippen molar-refractivity contribution < 1.29 is 9.59 Å². The van der Waals surface area contributed by atoms with Gasteiger partial charge in [0.25, 0.3) is 0 Å². The van der Waals surface area contributed by atoms with Crippen LogP contribution in [0.1, 0.15) is 51.4 Å². The molecule has 0 aromatic rings. The van der Waals surface area contributed by atoms with Crippen LogP contribution in [0.4, 0.5) is 4.79 Å². The number of nitrogens with two attached hydrogens (primary N) is 1. The van der Waals surface area contributed by atoms with Crippen LogP contribution in [-0.2, 0) is 4.79 Å². The highest BCUT2D eigenvalue weighted by molar-refractivity contribution is 6.04. The Labute approximate surface area is 186 Å². The summed E-state index contributed by atoms with van der Waals surface area (Å²) in [7, 11) is 0. The van der Waals surface area contributed by atoms with E-state index in [-0.39, 0.29) is 5.91 Å². The Balaban J connectivity index is 1.42. The zero-order chi connectivity index (χ0) is 21.8. The normalized spacial score (nSPS) is 30.4. The third kappa shape index (κ3) is 5.03. The maximum absolute atomic E-state index is 11.9. The molecule has 4 rings (SSSR count). The summed E-state index contributed by atoms with van der Waals surface area (Å²) in [6.07, 6.45) is 14.2. The van der Waals surface area contributed by atoms with Crippen LogP contribution < -0.4 is 5.73 Å². The largest absolute Gasteiger partial charge is 0.353 e. The van der Waals surface area contributed by atoms with Gasteiger partial charge in [-0.25, -0.2) is 4.79 Å². The summed E-state index contributed by atoms with van der Waals surface area (Å²) in [6, 6.07) is 0.0575. The lowest BCUT2D eigenvalue weighted by molar-refractivity contribution is -0.127. The van der Waals surface area contributed by atoms with Crippen LogP contribution in [0.15, 0.2) is 29.3 Å². The van der Waals surface area contributed by atoms with Gasteiger partial charge in [0.05, 0.1) is 0 Å². The molecule has 3 amide bonds. The Morgan fingerprint density at radius 3 is 2.39 bits per heavy atom. The van der Waals surface area contributed by atoms with Crippen LogP contribution in [-0.4, -0.2) is 77.8 Å². The second-order valence-electron chi connectivity index (χ2n) is 9.47. The van der Waals surface area contributed by atoms with E-state index in [4.69, 9.17) is 5.73 Å². The van der Waals surface area contributed by atoms with E-state index in [2.05, 4.69) is 27.4 Å². The summed E-state index contributed by atoms with van der Waals surface area (Å²) in [4.78, 5) is 34.3. The summed E-state index contributed by atoms with van der Waals surface area (Å²) in [5, 5.41) is 0. The number of urea groups is 1. The Kier molecular flexibility index (Phi) is 7.10. The van der Waals surface area contributed by atoms with Gasteiger partial charge in [0.1, 0.15) is 5.84 Å². The fourth-order valence-electron chi connectivity index (χ4n) is 6.26. The van der Waals surface area contributed by atoms with Crippen LogP contribution in [0, 0.1) is 11.8 Å². The molecule has 1 saturated heterocycles. The van der Waals surface area contributed by atoms with Crippen molar-refractivity contribution in [1.82, 2.24) is 14.7 Å². The number of primary amides is 1. The molecular weight excluding hydrogens is 390 g/mol. The quantitative estimate of drug-likeness (QED) is 0.427. The molecule has 0 aromatic carbocycles. The van der Waals surface area contributed by atoms with Gasteiger partial charge in [0, 0.05) is 45.3 Å². The van der Waals surface area contributed by atoms with Crippen molar-refractivity contribution in [2.24, 2.45) is 22.6 Å². The van der Waals surface area contributed by atoms with Crippen LogP contribution in [0.5, 0.6) is 0 Å². The minimum atomic E-state index is -0.653. The molecule has 0 bridgehead atoms. The summed E-state index contributed by atoms with van der Waals surface area (Å²) in [5.41, 5.74) is 6.57. The van der Waals surface area contributed by atoms with Crippen molar-refractivity contribution in [3.63, 3.8) is 0 Å². The highest BCUT2D eigenvalue weighted by Gasteiger charge is 2.38. The summed E-state index contributed by atoms with van der Waals surface area (Å²) in [5.74, 6) is 2.46. The van der Waals surface area contributed by atoms with E-state index in [1.165, 1.54) is 51.0 Å². The molecule has 170 valence electrons. The number of nitrogens with zero attached hydrogens (tertiary/aromatic N) is 4. The predicted octanol–water partition coefficient (Wildman–Crippen LogP) is 2.78. The zero-order valence-electron chi connectivity index (χ0n) is 18.7. The smallest absolute Gasteiger partial charge is 0.340 e. The van der Waals surface area contributed by atoms with Gasteiger partial charge in [-0.05, 0) is 42.7 Å². The number of aliphatic imine (C=N–C) groups is 1. The number of amidine groups is 1. The molecule has 3 atom stereocenters. The van der Waals surface area contributed by atoms with Crippen molar-refractivity contribution in [2.45, 2.75) is 57.4 Å². The number of piperazine rings is 1. The topological polar surface area (TPSA) is 82.2 Å². The van der Waals surface area contributed by atoms with Crippen molar-refractivity contribution in [3.05, 3.63) is 24.3 Å². The minimum absolute atomic E-state index is 0.0472. The first kappa shape index (κ1) is 22.1. The van der Waals surface area contributed by atoms with Gasteiger partial charge in [-0.15, -0.1) is 0 Å². The van der Waals surface area contributed by atoms with Gasteiger partial charge in [-0.2, -0.15) is 4.99 Å². The lowest BCUT2D eigenvalue weighted by Crippen LogP contribution is -2.52. The van der Waals surface area contributed by atoms with Gasteiger partial charge in [0.2, 0.25) is 5.91 Å². The Morgan fingerprint density at radius 1 is 1.00 bits per heavy atom. The second kappa shape index (κ2) is 9.98. The number of rotatable bonds is 3. The lowest BCUT2D eigenvalue weighted by Gasteiger charge is -2.47. The van der Waals surface area contributed by atoms with Crippen LogP contribution in [0.25, 0.3) is 0 Å². The maximum Gasteiger partial charge on any atom is 0.340 e. The average Bonchev–Trinajstić information content (AvgIpc) is 2.82. The second-order valence-corrected chi connectivity index (χ2v) is 9.47. The molecule has 2 heterocycles. The molecule has 3 unspecified atom stereocenters. The third-order valence-corrected chi connectivity index (χ3v) is 7.82. The number of carbonyl (C=O) groups excluding carboxylic acids is 2. The molecule has 2 aliphatic carbocycles. The van der Waals surface area contributed by atoms with Crippen LogP contribution in [0.3, 0.4) is 0 Å². The first-order valence-corrected chi connectivity index (χ1v) is 12.0. The van der Waals surface area contributed by atoms with Crippen molar-refractivity contribution in [3.8, 4) is 0 Å². The monoisotopic (exact) mass is 427 g/mol. The number of fused-ring (bicyclic) bond motifs is 1. The van der Waals surface area contributed by atoms with E-state index < -0.39 is 6.03 Å². The van der Waals surface area contributed by atoms with Crippen molar-refractivity contribution >= 4 is 17.8 Å². The highest BCUT2D eigenvalue weighted by Crippen LogP contribution is 2.43. The Hall–Kier alpha value is -2.15. The third-order valence-electron chi connectivity index (χ3n) is 7.82. The number of amides is 3. The van der Waals surface area contributed by atoms with Crippen LogP contribution in [0.2, 0.25) is 0 Å². The fraction of sp³-hybridized carbons (Fsp3) is 0.708. The summed E-state index contributed by atoms with van der Waals surface area (Å²) >= 11 is 0. The minimum Gasteiger partial charge on any atom is -0.353 e. The molecular formula is C24H37N5O2. The molecule has 2 N–H and O–H groups in total. The van der Waals surface area contributed by atoms with E-state index in [1.54, 1.807) is 4.90 Å². The zero-order valence-corrected chi connectivity index (χ0v) is 18.7.